The average Bonchev–Trinajstić information content (AvgIpc) is 1.95. The van der Waals surface area contributed by atoms with Crippen molar-refractivity contribution in [1.29, 1.82) is 0 Å². The second-order valence-electron chi connectivity index (χ2n) is 2.09. The highest BCUT2D eigenvalue weighted by atomic mass is 19.1. The Bertz CT molecular complexity index is 238. The molecule has 0 amide bonds. The maximum absolute atomic E-state index is 12.9. The van der Waals surface area contributed by atoms with Crippen molar-refractivity contribution in [2.75, 3.05) is 7.11 Å². The van der Waals surface area contributed by atoms with E-state index < -0.39 is 0 Å². The van der Waals surface area contributed by atoms with Crippen LogP contribution >= 0.6 is 0 Å². The predicted molar refractivity (Wildman–Crippen MR) is 39.8 cm³/mol. The summed E-state index contributed by atoms with van der Waals surface area (Å²) in [7, 11) is 1.46. The molecular formula is C8H11FO. The first-order valence-corrected chi connectivity index (χ1v) is 3.05. The number of benzene rings is 1. The van der Waals surface area contributed by atoms with Gasteiger partial charge in [0, 0.05) is 1.43 Å². The number of halogens is 1. The summed E-state index contributed by atoms with van der Waals surface area (Å²) in [6.07, 6.45) is 0. The normalized spacial score (nSPS) is 9.50. The van der Waals surface area contributed by atoms with E-state index in [0.29, 0.717) is 11.3 Å². The third kappa shape index (κ3) is 1.10. The van der Waals surface area contributed by atoms with Gasteiger partial charge in [0.1, 0.15) is 0 Å². The van der Waals surface area contributed by atoms with Crippen LogP contribution in [0.25, 0.3) is 0 Å². The second kappa shape index (κ2) is 2.69. The SMILES string of the molecule is COc1cccc(C)c1F.[HH]. The summed E-state index contributed by atoms with van der Waals surface area (Å²) in [5, 5.41) is 0. The Hall–Kier alpha value is -1.05. The molecule has 0 aliphatic carbocycles. The highest BCUT2D eigenvalue weighted by molar-refractivity contribution is 5.29. The topological polar surface area (TPSA) is 9.23 Å². The van der Waals surface area contributed by atoms with Gasteiger partial charge < -0.3 is 4.74 Å². The van der Waals surface area contributed by atoms with Gasteiger partial charge in [-0.15, -0.1) is 0 Å². The predicted octanol–water partition coefficient (Wildman–Crippen LogP) is 2.39. The summed E-state index contributed by atoms with van der Waals surface area (Å²) in [5.41, 5.74) is 0.611. The molecule has 0 saturated carbocycles. The molecule has 1 aromatic rings. The molecular weight excluding hydrogens is 131 g/mol. The smallest absolute Gasteiger partial charge is 0.167 e. The Labute approximate surface area is 60.9 Å². The van der Waals surface area contributed by atoms with Gasteiger partial charge in [-0.3, -0.25) is 0 Å². The highest BCUT2D eigenvalue weighted by Gasteiger charge is 2.02. The molecule has 0 unspecified atom stereocenters. The quantitative estimate of drug-likeness (QED) is 0.585. The molecule has 56 valence electrons. The van der Waals surface area contributed by atoms with Crippen LogP contribution in [0.1, 0.15) is 6.99 Å². The number of rotatable bonds is 1. The fourth-order valence-electron chi connectivity index (χ4n) is 0.778. The van der Waals surface area contributed by atoms with Crippen molar-refractivity contribution in [3.63, 3.8) is 0 Å². The fourth-order valence-corrected chi connectivity index (χ4v) is 0.778. The lowest BCUT2D eigenvalue weighted by Crippen LogP contribution is -1.89. The molecule has 1 rings (SSSR count). The zero-order valence-electron chi connectivity index (χ0n) is 6.02. The molecule has 0 atom stereocenters. The number of hydrogen-bond donors (Lipinski definition) is 0. The molecule has 0 aliphatic heterocycles. The number of ether oxygens (including phenoxy) is 1. The van der Waals surface area contributed by atoms with Crippen LogP contribution in [0.3, 0.4) is 0 Å². The molecule has 1 aromatic carbocycles. The van der Waals surface area contributed by atoms with Gasteiger partial charge in [0.15, 0.2) is 11.6 Å². The molecule has 0 aromatic heterocycles. The van der Waals surface area contributed by atoms with E-state index in [1.807, 2.05) is 0 Å². The van der Waals surface area contributed by atoms with E-state index in [4.69, 9.17) is 4.74 Å². The molecule has 0 bridgehead atoms. The van der Waals surface area contributed by atoms with E-state index in [1.165, 1.54) is 7.11 Å². The lowest BCUT2D eigenvalue weighted by molar-refractivity contribution is 0.385. The minimum absolute atomic E-state index is 0. The largest absolute Gasteiger partial charge is 0.494 e. The van der Waals surface area contributed by atoms with Gasteiger partial charge in [0.05, 0.1) is 7.11 Å². The zero-order chi connectivity index (χ0) is 7.56. The minimum Gasteiger partial charge on any atom is -0.494 e. The first kappa shape index (κ1) is 7.06. The first-order valence-electron chi connectivity index (χ1n) is 3.05. The maximum Gasteiger partial charge on any atom is 0.167 e. The van der Waals surface area contributed by atoms with Gasteiger partial charge in [-0.25, -0.2) is 4.39 Å². The van der Waals surface area contributed by atoms with Crippen LogP contribution in [0.4, 0.5) is 4.39 Å². The highest BCUT2D eigenvalue weighted by Crippen LogP contribution is 2.18. The van der Waals surface area contributed by atoms with E-state index in [0.717, 1.165) is 0 Å². The summed E-state index contributed by atoms with van der Waals surface area (Å²) in [5.74, 6) is 0.0324. The molecule has 0 heterocycles. The minimum atomic E-state index is -0.273. The van der Waals surface area contributed by atoms with Crippen LogP contribution in [0.5, 0.6) is 5.75 Å². The molecule has 0 saturated heterocycles. The van der Waals surface area contributed by atoms with Gasteiger partial charge in [0.2, 0.25) is 0 Å². The van der Waals surface area contributed by atoms with Crippen molar-refractivity contribution in [3.05, 3.63) is 29.6 Å². The monoisotopic (exact) mass is 142 g/mol. The van der Waals surface area contributed by atoms with Gasteiger partial charge in [-0.1, -0.05) is 12.1 Å². The van der Waals surface area contributed by atoms with Gasteiger partial charge in [-0.2, -0.15) is 0 Å². The van der Waals surface area contributed by atoms with Crippen LogP contribution in [0, 0.1) is 12.7 Å². The van der Waals surface area contributed by atoms with E-state index in [9.17, 15) is 4.39 Å². The maximum atomic E-state index is 12.9. The van der Waals surface area contributed by atoms with Crippen LogP contribution in [0.2, 0.25) is 0 Å². The zero-order valence-corrected chi connectivity index (χ0v) is 6.02. The standard InChI is InChI=1S/C8H9FO.H2/c1-6-4-3-5-7(10-2)8(6)9;/h3-5H,1-2H3;1H. The van der Waals surface area contributed by atoms with Gasteiger partial charge in [0.25, 0.3) is 0 Å². The van der Waals surface area contributed by atoms with Gasteiger partial charge >= 0.3 is 0 Å². The summed E-state index contributed by atoms with van der Waals surface area (Å²) in [6, 6.07) is 5.07. The Kier molecular flexibility index (Phi) is 1.90. The average molecular weight is 142 g/mol. The Balaban J connectivity index is 0.000001000. The van der Waals surface area contributed by atoms with Crippen LogP contribution in [-0.4, -0.2) is 7.11 Å². The number of methoxy groups -OCH3 is 1. The summed E-state index contributed by atoms with van der Waals surface area (Å²) in [4.78, 5) is 0. The second-order valence-corrected chi connectivity index (χ2v) is 2.09. The van der Waals surface area contributed by atoms with Crippen molar-refractivity contribution >= 4 is 0 Å². The summed E-state index contributed by atoms with van der Waals surface area (Å²) < 4.78 is 17.6. The molecule has 2 heteroatoms. The van der Waals surface area contributed by atoms with E-state index >= 15 is 0 Å². The van der Waals surface area contributed by atoms with Crippen LogP contribution in [0.15, 0.2) is 18.2 Å². The van der Waals surface area contributed by atoms with Gasteiger partial charge in [-0.05, 0) is 18.6 Å². The molecule has 0 aliphatic rings. The first-order chi connectivity index (χ1) is 4.75. The lowest BCUT2D eigenvalue weighted by Gasteiger charge is -2.01. The lowest BCUT2D eigenvalue weighted by atomic mass is 10.2. The Morgan fingerprint density at radius 2 is 2.20 bits per heavy atom. The fraction of sp³-hybridized carbons (Fsp3) is 0.250. The van der Waals surface area contributed by atoms with E-state index in [2.05, 4.69) is 0 Å². The molecule has 0 N–H and O–H groups in total. The van der Waals surface area contributed by atoms with Crippen molar-refractivity contribution in [3.8, 4) is 5.75 Å². The molecule has 0 radical (unpaired) electrons. The number of hydrogen-bond acceptors (Lipinski definition) is 1. The van der Waals surface area contributed by atoms with E-state index in [1.54, 1.807) is 25.1 Å². The molecule has 10 heavy (non-hydrogen) atoms. The van der Waals surface area contributed by atoms with Crippen molar-refractivity contribution in [2.24, 2.45) is 0 Å². The molecule has 1 nitrogen and oxygen atoms in total. The van der Waals surface area contributed by atoms with Crippen molar-refractivity contribution < 1.29 is 10.6 Å². The Morgan fingerprint density at radius 3 is 2.70 bits per heavy atom. The van der Waals surface area contributed by atoms with E-state index in [-0.39, 0.29) is 7.24 Å². The Morgan fingerprint density at radius 1 is 1.50 bits per heavy atom. The van der Waals surface area contributed by atoms with Crippen molar-refractivity contribution in [2.45, 2.75) is 6.92 Å². The van der Waals surface area contributed by atoms with Crippen molar-refractivity contribution in [1.82, 2.24) is 0 Å². The van der Waals surface area contributed by atoms with Crippen LogP contribution in [-0.2, 0) is 0 Å². The summed E-state index contributed by atoms with van der Waals surface area (Å²) in [6.45, 7) is 1.71. The molecule has 0 spiro atoms. The third-order valence-corrected chi connectivity index (χ3v) is 1.38. The summed E-state index contributed by atoms with van der Waals surface area (Å²) >= 11 is 0. The van der Waals surface area contributed by atoms with Crippen LogP contribution < -0.4 is 4.74 Å². The number of aryl methyl sites for hydroxylation is 1. The molecule has 0 fully saturated rings. The third-order valence-electron chi connectivity index (χ3n) is 1.38.